The summed E-state index contributed by atoms with van der Waals surface area (Å²) in [6, 6.07) is 2.98. The first kappa shape index (κ1) is 19.2. The summed E-state index contributed by atoms with van der Waals surface area (Å²) in [5.74, 6) is -2.38. The predicted molar refractivity (Wildman–Crippen MR) is 89.6 cm³/mol. The standard InChI is InChI=1S/C17H20ClFN2O4/c18-12-6-5-11(8-13(12)19)14(9-17(24)25)20-15(22)10-21-7-3-1-2-4-16(21)23/h5-6,8,14H,1-4,7,9-10H2,(H,20,22)(H,24,25). The van der Waals surface area contributed by atoms with Crippen molar-refractivity contribution in [2.75, 3.05) is 13.1 Å². The average molecular weight is 371 g/mol. The highest BCUT2D eigenvalue weighted by molar-refractivity contribution is 6.30. The maximum atomic E-state index is 13.6. The maximum absolute atomic E-state index is 13.6. The summed E-state index contributed by atoms with van der Waals surface area (Å²) in [7, 11) is 0. The number of benzene rings is 1. The summed E-state index contributed by atoms with van der Waals surface area (Å²) >= 11 is 5.63. The molecule has 0 spiro atoms. The lowest BCUT2D eigenvalue weighted by Crippen LogP contribution is -2.42. The fraction of sp³-hybridized carbons (Fsp3) is 0.471. The van der Waals surface area contributed by atoms with Gasteiger partial charge in [0.2, 0.25) is 11.8 Å². The van der Waals surface area contributed by atoms with E-state index in [0.29, 0.717) is 18.5 Å². The monoisotopic (exact) mass is 370 g/mol. The molecule has 2 amide bonds. The number of hydrogen-bond acceptors (Lipinski definition) is 3. The van der Waals surface area contributed by atoms with Crippen LogP contribution in [0.25, 0.3) is 0 Å². The molecule has 1 unspecified atom stereocenters. The molecule has 1 aromatic rings. The third-order valence-electron chi connectivity index (χ3n) is 4.07. The Morgan fingerprint density at radius 2 is 2.08 bits per heavy atom. The molecule has 0 radical (unpaired) electrons. The third-order valence-corrected chi connectivity index (χ3v) is 4.37. The van der Waals surface area contributed by atoms with Crippen LogP contribution in [0.15, 0.2) is 18.2 Å². The molecule has 2 rings (SSSR count). The van der Waals surface area contributed by atoms with Gasteiger partial charge in [0.15, 0.2) is 0 Å². The van der Waals surface area contributed by atoms with E-state index < -0.39 is 30.2 Å². The van der Waals surface area contributed by atoms with Gasteiger partial charge in [-0.15, -0.1) is 0 Å². The minimum absolute atomic E-state index is 0.0834. The van der Waals surface area contributed by atoms with Gasteiger partial charge in [-0.3, -0.25) is 14.4 Å². The number of amides is 2. The summed E-state index contributed by atoms with van der Waals surface area (Å²) in [5.41, 5.74) is 0.305. The molecule has 8 heteroatoms. The van der Waals surface area contributed by atoms with E-state index in [1.807, 2.05) is 0 Å². The van der Waals surface area contributed by atoms with E-state index >= 15 is 0 Å². The molecule has 1 aromatic carbocycles. The van der Waals surface area contributed by atoms with Gasteiger partial charge in [-0.1, -0.05) is 24.1 Å². The van der Waals surface area contributed by atoms with E-state index in [1.54, 1.807) is 0 Å². The number of halogens is 2. The van der Waals surface area contributed by atoms with Gasteiger partial charge < -0.3 is 15.3 Å². The highest BCUT2D eigenvalue weighted by Crippen LogP contribution is 2.22. The van der Waals surface area contributed by atoms with Gasteiger partial charge >= 0.3 is 5.97 Å². The molecule has 1 aliphatic heterocycles. The Morgan fingerprint density at radius 3 is 2.76 bits per heavy atom. The van der Waals surface area contributed by atoms with Crippen LogP contribution in [-0.2, 0) is 14.4 Å². The van der Waals surface area contributed by atoms with Crippen LogP contribution in [0.4, 0.5) is 4.39 Å². The molecule has 0 aliphatic carbocycles. The van der Waals surface area contributed by atoms with Gasteiger partial charge in [0.25, 0.3) is 0 Å². The zero-order valence-corrected chi connectivity index (χ0v) is 14.4. The topological polar surface area (TPSA) is 86.7 Å². The van der Waals surface area contributed by atoms with Crippen LogP contribution in [-0.4, -0.2) is 40.9 Å². The molecular formula is C17H20ClFN2O4. The van der Waals surface area contributed by atoms with E-state index in [2.05, 4.69) is 5.32 Å². The number of nitrogens with zero attached hydrogens (tertiary/aromatic N) is 1. The van der Waals surface area contributed by atoms with Crippen molar-refractivity contribution in [2.24, 2.45) is 0 Å². The van der Waals surface area contributed by atoms with Crippen molar-refractivity contribution in [1.82, 2.24) is 10.2 Å². The zero-order chi connectivity index (χ0) is 18.4. The lowest BCUT2D eigenvalue weighted by atomic mass is 10.0. The van der Waals surface area contributed by atoms with Crippen molar-refractivity contribution in [3.8, 4) is 0 Å². The second kappa shape index (κ2) is 8.80. The van der Waals surface area contributed by atoms with Crippen LogP contribution in [0.3, 0.4) is 0 Å². The van der Waals surface area contributed by atoms with Gasteiger partial charge in [-0.05, 0) is 30.5 Å². The average Bonchev–Trinajstić information content (AvgIpc) is 2.74. The number of carbonyl (C=O) groups is 3. The number of rotatable bonds is 6. The Labute approximate surface area is 149 Å². The molecule has 0 aromatic heterocycles. The number of hydrogen-bond donors (Lipinski definition) is 2. The number of likely N-dealkylation sites (tertiary alicyclic amines) is 1. The smallest absolute Gasteiger partial charge is 0.305 e. The minimum Gasteiger partial charge on any atom is -0.481 e. The normalized spacial score (nSPS) is 16.2. The minimum atomic E-state index is -1.13. The first-order chi connectivity index (χ1) is 11.9. The van der Waals surface area contributed by atoms with Crippen LogP contribution in [0, 0.1) is 5.82 Å². The molecule has 136 valence electrons. The van der Waals surface area contributed by atoms with Crippen LogP contribution in [0.2, 0.25) is 5.02 Å². The zero-order valence-electron chi connectivity index (χ0n) is 13.6. The SMILES string of the molecule is O=C(O)CC(NC(=O)CN1CCCCCC1=O)c1ccc(Cl)c(F)c1. The van der Waals surface area contributed by atoms with Crippen LogP contribution in [0.1, 0.15) is 43.7 Å². The molecule has 1 fully saturated rings. The fourth-order valence-corrected chi connectivity index (χ4v) is 2.89. The molecule has 1 aliphatic rings. The van der Waals surface area contributed by atoms with E-state index in [1.165, 1.54) is 17.0 Å². The molecule has 0 saturated carbocycles. The number of carbonyl (C=O) groups excluding carboxylic acids is 2. The molecule has 0 bridgehead atoms. The van der Waals surface area contributed by atoms with Gasteiger partial charge in [0.1, 0.15) is 5.82 Å². The van der Waals surface area contributed by atoms with Gasteiger partial charge in [-0.2, -0.15) is 0 Å². The third kappa shape index (κ3) is 5.70. The van der Waals surface area contributed by atoms with E-state index in [9.17, 15) is 18.8 Å². The Balaban J connectivity index is 2.07. The highest BCUT2D eigenvalue weighted by atomic mass is 35.5. The summed E-state index contributed by atoms with van der Waals surface area (Å²) in [4.78, 5) is 36.8. The second-order valence-electron chi connectivity index (χ2n) is 6.02. The Morgan fingerprint density at radius 1 is 1.32 bits per heavy atom. The number of aliphatic carboxylic acids is 1. The first-order valence-electron chi connectivity index (χ1n) is 8.10. The molecule has 1 saturated heterocycles. The van der Waals surface area contributed by atoms with Gasteiger partial charge in [0.05, 0.1) is 24.0 Å². The van der Waals surface area contributed by atoms with Crippen LogP contribution >= 0.6 is 11.6 Å². The quantitative estimate of drug-likeness (QED) is 0.805. The molecule has 6 nitrogen and oxygen atoms in total. The molecule has 2 N–H and O–H groups in total. The van der Waals surface area contributed by atoms with E-state index in [0.717, 1.165) is 25.3 Å². The first-order valence-corrected chi connectivity index (χ1v) is 8.48. The van der Waals surface area contributed by atoms with Gasteiger partial charge in [0, 0.05) is 13.0 Å². The van der Waals surface area contributed by atoms with E-state index in [-0.39, 0.29) is 17.5 Å². The lowest BCUT2D eigenvalue weighted by Gasteiger charge is -2.23. The van der Waals surface area contributed by atoms with Crippen molar-refractivity contribution >= 4 is 29.4 Å². The van der Waals surface area contributed by atoms with Crippen molar-refractivity contribution in [3.63, 3.8) is 0 Å². The summed E-state index contributed by atoms with van der Waals surface area (Å²) < 4.78 is 13.6. The van der Waals surface area contributed by atoms with Crippen molar-refractivity contribution in [2.45, 2.75) is 38.1 Å². The summed E-state index contributed by atoms with van der Waals surface area (Å²) in [5, 5.41) is 11.5. The summed E-state index contributed by atoms with van der Waals surface area (Å²) in [6.45, 7) is 0.371. The molecule has 1 atom stereocenters. The molecular weight excluding hydrogens is 351 g/mol. The largest absolute Gasteiger partial charge is 0.481 e. The number of carboxylic acid groups (broad SMARTS) is 1. The highest BCUT2D eigenvalue weighted by Gasteiger charge is 2.23. The van der Waals surface area contributed by atoms with Crippen LogP contribution < -0.4 is 5.32 Å². The summed E-state index contributed by atoms with van der Waals surface area (Å²) in [6.07, 6.45) is 2.59. The van der Waals surface area contributed by atoms with Crippen molar-refractivity contribution in [3.05, 3.63) is 34.6 Å². The Bertz CT molecular complexity index is 668. The lowest BCUT2D eigenvalue weighted by molar-refractivity contribution is -0.139. The fourth-order valence-electron chi connectivity index (χ4n) is 2.77. The molecule has 25 heavy (non-hydrogen) atoms. The maximum Gasteiger partial charge on any atom is 0.305 e. The second-order valence-corrected chi connectivity index (χ2v) is 6.42. The van der Waals surface area contributed by atoms with E-state index in [4.69, 9.17) is 16.7 Å². The number of carboxylic acids is 1. The molecule has 1 heterocycles. The van der Waals surface area contributed by atoms with Crippen LogP contribution in [0.5, 0.6) is 0 Å². The van der Waals surface area contributed by atoms with Crippen molar-refractivity contribution < 1.29 is 23.9 Å². The Hall–Kier alpha value is -2.15. The van der Waals surface area contributed by atoms with Gasteiger partial charge in [-0.25, -0.2) is 4.39 Å². The predicted octanol–water partition coefficient (Wildman–Crippen LogP) is 2.51. The number of nitrogens with one attached hydrogen (secondary N) is 1. The Kier molecular flexibility index (Phi) is 6.75. The van der Waals surface area contributed by atoms with Crippen molar-refractivity contribution in [1.29, 1.82) is 0 Å².